The minimum atomic E-state index is -0.442. The Morgan fingerprint density at radius 1 is 1.14 bits per heavy atom. The van der Waals surface area contributed by atoms with Crippen molar-refractivity contribution in [1.82, 2.24) is 0 Å². The molecule has 0 aromatic heterocycles. The van der Waals surface area contributed by atoms with E-state index in [0.717, 1.165) is 0 Å². The number of hydrogen-bond donors (Lipinski definition) is 1. The highest BCUT2D eigenvalue weighted by atomic mass is 35.5. The summed E-state index contributed by atoms with van der Waals surface area (Å²) in [6, 6.07) is 9.50. The zero-order valence-corrected chi connectivity index (χ0v) is 12.4. The number of aliphatic hydroxyl groups is 1. The van der Waals surface area contributed by atoms with Crippen LogP contribution in [-0.2, 0) is 6.61 Å². The lowest BCUT2D eigenvalue weighted by molar-refractivity contribution is 0.300. The summed E-state index contributed by atoms with van der Waals surface area (Å²) in [5.41, 5.74) is 0.849. The van der Waals surface area contributed by atoms with Crippen LogP contribution in [0.4, 0.5) is 4.39 Å². The Morgan fingerprint density at radius 2 is 1.86 bits per heavy atom. The Labute approximate surface area is 132 Å². The monoisotopic (exact) mass is 324 g/mol. The standard InChI is InChI=1S/C16H11Cl2FO2/c17-13-4-1-5-14(18)16(13)21-10-12-7-6-11(3-2-8-20)9-15(12)19/h1,4-7,9,20H,8,10H2. The van der Waals surface area contributed by atoms with E-state index >= 15 is 0 Å². The van der Waals surface area contributed by atoms with Gasteiger partial charge in [0.05, 0.1) is 10.0 Å². The first-order valence-corrected chi connectivity index (χ1v) is 6.82. The summed E-state index contributed by atoms with van der Waals surface area (Å²) in [7, 11) is 0. The molecule has 2 rings (SSSR count). The van der Waals surface area contributed by atoms with E-state index in [0.29, 0.717) is 26.9 Å². The molecule has 0 bridgehead atoms. The molecule has 0 aliphatic heterocycles. The molecule has 0 aliphatic carbocycles. The Kier molecular flexibility index (Phi) is 5.46. The molecular formula is C16H11Cl2FO2. The van der Waals surface area contributed by atoms with Gasteiger partial charge in [0.15, 0.2) is 5.75 Å². The first kappa shape index (κ1) is 15.7. The van der Waals surface area contributed by atoms with Gasteiger partial charge in [-0.1, -0.05) is 47.2 Å². The zero-order valence-electron chi connectivity index (χ0n) is 10.9. The third kappa shape index (κ3) is 4.12. The average molecular weight is 325 g/mol. The van der Waals surface area contributed by atoms with Gasteiger partial charge in [0, 0.05) is 11.1 Å². The summed E-state index contributed by atoms with van der Waals surface area (Å²) in [6.07, 6.45) is 0. The zero-order chi connectivity index (χ0) is 15.2. The maximum absolute atomic E-state index is 13.9. The molecular weight excluding hydrogens is 314 g/mol. The Morgan fingerprint density at radius 3 is 2.48 bits per heavy atom. The van der Waals surface area contributed by atoms with Gasteiger partial charge >= 0.3 is 0 Å². The summed E-state index contributed by atoms with van der Waals surface area (Å²) in [6.45, 7) is -0.263. The largest absolute Gasteiger partial charge is 0.486 e. The summed E-state index contributed by atoms with van der Waals surface area (Å²) < 4.78 is 19.4. The van der Waals surface area contributed by atoms with Crippen molar-refractivity contribution in [3.63, 3.8) is 0 Å². The molecule has 5 heteroatoms. The second-order valence-electron chi connectivity index (χ2n) is 4.11. The predicted octanol–water partition coefficient (Wildman–Crippen LogP) is 4.06. The van der Waals surface area contributed by atoms with Crippen LogP contribution in [-0.4, -0.2) is 11.7 Å². The number of rotatable bonds is 3. The molecule has 0 unspecified atom stereocenters. The highest BCUT2D eigenvalue weighted by molar-refractivity contribution is 6.37. The van der Waals surface area contributed by atoms with Crippen LogP contribution in [0.5, 0.6) is 5.75 Å². The van der Waals surface area contributed by atoms with Gasteiger partial charge in [-0.25, -0.2) is 4.39 Å². The summed E-state index contributed by atoms with van der Waals surface area (Å²) >= 11 is 11.9. The van der Waals surface area contributed by atoms with Crippen molar-refractivity contribution in [3.8, 4) is 17.6 Å². The Balaban J connectivity index is 2.14. The first-order chi connectivity index (χ1) is 10.1. The minimum absolute atomic E-state index is 0.00297. The third-order valence-electron chi connectivity index (χ3n) is 2.66. The Hall–Kier alpha value is -1.73. The fourth-order valence-corrected chi connectivity index (χ4v) is 2.16. The fourth-order valence-electron chi connectivity index (χ4n) is 1.65. The van der Waals surface area contributed by atoms with E-state index < -0.39 is 5.82 Å². The molecule has 0 saturated carbocycles. The van der Waals surface area contributed by atoms with E-state index in [4.69, 9.17) is 33.0 Å². The van der Waals surface area contributed by atoms with Gasteiger partial charge in [-0.2, -0.15) is 0 Å². The van der Waals surface area contributed by atoms with E-state index in [1.54, 1.807) is 30.3 Å². The van der Waals surface area contributed by atoms with Crippen LogP contribution in [0.15, 0.2) is 36.4 Å². The van der Waals surface area contributed by atoms with Gasteiger partial charge < -0.3 is 9.84 Å². The average Bonchev–Trinajstić information content (AvgIpc) is 2.46. The molecule has 0 heterocycles. The molecule has 21 heavy (non-hydrogen) atoms. The Bertz CT molecular complexity index is 685. The quantitative estimate of drug-likeness (QED) is 0.863. The van der Waals surface area contributed by atoms with E-state index in [1.807, 2.05) is 0 Å². The molecule has 1 N–H and O–H groups in total. The lowest BCUT2D eigenvalue weighted by atomic mass is 10.1. The molecule has 2 aromatic rings. The number of hydrogen-bond acceptors (Lipinski definition) is 2. The first-order valence-electron chi connectivity index (χ1n) is 6.07. The van der Waals surface area contributed by atoms with Crippen LogP contribution in [0, 0.1) is 17.7 Å². The number of aliphatic hydroxyl groups excluding tert-OH is 1. The van der Waals surface area contributed by atoms with Crippen molar-refractivity contribution in [3.05, 3.63) is 63.4 Å². The van der Waals surface area contributed by atoms with E-state index in [9.17, 15) is 4.39 Å². The SMILES string of the molecule is OCC#Cc1ccc(COc2c(Cl)cccc2Cl)c(F)c1. The molecule has 0 atom stereocenters. The summed E-state index contributed by atoms with van der Waals surface area (Å²) in [5.74, 6) is 4.97. The van der Waals surface area contributed by atoms with Gasteiger partial charge in [0.2, 0.25) is 0 Å². The minimum Gasteiger partial charge on any atom is -0.486 e. The molecule has 0 aliphatic rings. The van der Waals surface area contributed by atoms with Crippen LogP contribution in [0.25, 0.3) is 0 Å². The normalized spacial score (nSPS) is 9.90. The van der Waals surface area contributed by atoms with Crippen LogP contribution < -0.4 is 4.74 Å². The molecule has 2 nitrogen and oxygen atoms in total. The van der Waals surface area contributed by atoms with Crippen molar-refractivity contribution < 1.29 is 14.2 Å². The third-order valence-corrected chi connectivity index (χ3v) is 3.25. The number of halogens is 3. The van der Waals surface area contributed by atoms with Crippen molar-refractivity contribution in [2.75, 3.05) is 6.61 Å². The topological polar surface area (TPSA) is 29.5 Å². The molecule has 0 amide bonds. The summed E-state index contributed by atoms with van der Waals surface area (Å²) in [4.78, 5) is 0. The van der Waals surface area contributed by atoms with Gasteiger partial charge in [-0.3, -0.25) is 0 Å². The van der Waals surface area contributed by atoms with E-state index in [2.05, 4.69) is 11.8 Å². The fraction of sp³-hybridized carbons (Fsp3) is 0.125. The molecule has 2 aromatic carbocycles. The molecule has 0 fully saturated rings. The van der Waals surface area contributed by atoms with Gasteiger partial charge in [0.25, 0.3) is 0 Å². The van der Waals surface area contributed by atoms with Crippen molar-refractivity contribution in [2.45, 2.75) is 6.61 Å². The van der Waals surface area contributed by atoms with Crippen molar-refractivity contribution >= 4 is 23.2 Å². The lowest BCUT2D eigenvalue weighted by Gasteiger charge is -2.10. The van der Waals surface area contributed by atoms with E-state index in [1.165, 1.54) is 6.07 Å². The molecule has 0 radical (unpaired) electrons. The highest BCUT2D eigenvalue weighted by Gasteiger charge is 2.09. The highest BCUT2D eigenvalue weighted by Crippen LogP contribution is 2.33. The number of ether oxygens (including phenoxy) is 1. The number of para-hydroxylation sites is 1. The summed E-state index contributed by atoms with van der Waals surface area (Å²) in [5, 5.41) is 9.34. The van der Waals surface area contributed by atoms with Crippen LogP contribution in [0.2, 0.25) is 10.0 Å². The molecule has 0 spiro atoms. The smallest absolute Gasteiger partial charge is 0.156 e. The lowest BCUT2D eigenvalue weighted by Crippen LogP contribution is -2.00. The van der Waals surface area contributed by atoms with Crippen LogP contribution in [0.3, 0.4) is 0 Å². The predicted molar refractivity (Wildman–Crippen MR) is 81.2 cm³/mol. The van der Waals surface area contributed by atoms with Gasteiger partial charge in [0.1, 0.15) is 19.0 Å². The van der Waals surface area contributed by atoms with Crippen LogP contribution in [0.1, 0.15) is 11.1 Å². The second-order valence-corrected chi connectivity index (χ2v) is 4.92. The molecule has 108 valence electrons. The van der Waals surface area contributed by atoms with Crippen LogP contribution >= 0.6 is 23.2 Å². The molecule has 0 saturated heterocycles. The van der Waals surface area contributed by atoms with Crippen molar-refractivity contribution in [2.24, 2.45) is 0 Å². The van der Waals surface area contributed by atoms with Gasteiger partial charge in [-0.15, -0.1) is 0 Å². The van der Waals surface area contributed by atoms with E-state index in [-0.39, 0.29) is 13.2 Å². The number of benzene rings is 2. The second kappa shape index (κ2) is 7.33. The maximum Gasteiger partial charge on any atom is 0.156 e. The maximum atomic E-state index is 13.9. The van der Waals surface area contributed by atoms with Crippen molar-refractivity contribution in [1.29, 1.82) is 0 Å². The van der Waals surface area contributed by atoms with Gasteiger partial charge in [-0.05, 0) is 24.3 Å².